The van der Waals surface area contributed by atoms with E-state index < -0.39 is 23.7 Å². The summed E-state index contributed by atoms with van der Waals surface area (Å²) >= 11 is 1.50. The van der Waals surface area contributed by atoms with E-state index in [-0.39, 0.29) is 54.9 Å². The molecule has 5 aliphatic heterocycles. The van der Waals surface area contributed by atoms with Crippen LogP contribution in [-0.4, -0.2) is 111 Å². The molecule has 1 unspecified atom stereocenters. The van der Waals surface area contributed by atoms with E-state index in [1.807, 2.05) is 42.6 Å². The molecule has 18 heteroatoms. The highest BCUT2D eigenvalue weighted by Crippen LogP contribution is 2.33. The zero-order chi connectivity index (χ0) is 50.1. The van der Waals surface area contributed by atoms with Gasteiger partial charge in [-0.25, -0.2) is 19.3 Å². The molecule has 1 atom stereocenters. The van der Waals surface area contributed by atoms with Crippen molar-refractivity contribution in [2.24, 2.45) is 5.73 Å². The molecular weight excluding hydrogens is 934 g/mol. The summed E-state index contributed by atoms with van der Waals surface area (Å²) in [4.78, 5) is 86.7. The molecule has 5 amide bonds. The number of nitrogens with two attached hydrogens (primary N) is 1. The molecule has 3 saturated heterocycles. The minimum absolute atomic E-state index is 0.0899. The van der Waals surface area contributed by atoms with Gasteiger partial charge in [0.1, 0.15) is 16.9 Å². The smallest absolute Gasteiger partial charge is 0.273 e. The maximum absolute atomic E-state index is 15.5. The van der Waals surface area contributed by atoms with Crippen LogP contribution in [0.15, 0.2) is 101 Å². The molecule has 3 fully saturated rings. The van der Waals surface area contributed by atoms with Crippen molar-refractivity contribution in [3.8, 4) is 0 Å². The number of nitrogens with zero attached hydrogens (tertiary/aromatic N) is 7. The Morgan fingerprint density at radius 1 is 0.875 bits per heavy atom. The van der Waals surface area contributed by atoms with Crippen LogP contribution >= 0.6 is 11.8 Å². The van der Waals surface area contributed by atoms with Gasteiger partial charge in [0.15, 0.2) is 11.5 Å². The van der Waals surface area contributed by atoms with E-state index in [2.05, 4.69) is 71.6 Å². The van der Waals surface area contributed by atoms with E-state index in [9.17, 15) is 24.0 Å². The normalized spacial score (nSPS) is 19.4. The number of fused-ring (bicyclic) bond motifs is 1. The van der Waals surface area contributed by atoms with E-state index in [0.717, 1.165) is 104 Å². The summed E-state index contributed by atoms with van der Waals surface area (Å²) in [5, 5.41) is 8.89. The first kappa shape index (κ1) is 48.6. The zero-order valence-electron chi connectivity index (χ0n) is 40.5. The van der Waals surface area contributed by atoms with Crippen molar-refractivity contribution in [2.45, 2.75) is 99.4 Å². The Morgan fingerprint density at radius 3 is 2.42 bits per heavy atom. The fourth-order valence-corrected chi connectivity index (χ4v) is 11.2. The third-order valence-electron chi connectivity index (χ3n) is 14.6. The van der Waals surface area contributed by atoms with Crippen LogP contribution in [0.4, 0.5) is 21.6 Å². The Balaban J connectivity index is 0.672. The molecule has 0 radical (unpaired) electrons. The van der Waals surface area contributed by atoms with Crippen molar-refractivity contribution in [2.75, 3.05) is 54.4 Å². The third-order valence-corrected chi connectivity index (χ3v) is 15.6. The van der Waals surface area contributed by atoms with Crippen molar-refractivity contribution in [1.82, 2.24) is 35.4 Å². The number of aromatic nitrogens is 3. The first-order chi connectivity index (χ1) is 34.7. The summed E-state index contributed by atoms with van der Waals surface area (Å²) in [6.07, 6.45) is 12.3. The lowest BCUT2D eigenvalue weighted by Crippen LogP contribution is -2.52. The molecule has 5 aromatic rings. The fraction of sp³-hybridized carbons (Fsp3) is 0.370. The Kier molecular flexibility index (Phi) is 13.9. The van der Waals surface area contributed by atoms with E-state index in [0.29, 0.717) is 39.5 Å². The van der Waals surface area contributed by atoms with Gasteiger partial charge < -0.3 is 31.1 Å². The van der Waals surface area contributed by atoms with E-state index in [1.54, 1.807) is 30.6 Å². The molecule has 2 aromatic heterocycles. The van der Waals surface area contributed by atoms with Crippen LogP contribution in [0.25, 0.3) is 5.57 Å². The number of imide groups is 1. The topological polar surface area (TPSA) is 199 Å². The maximum Gasteiger partial charge on any atom is 0.273 e. The second kappa shape index (κ2) is 20.6. The third kappa shape index (κ3) is 10.8. The van der Waals surface area contributed by atoms with E-state index in [1.165, 1.54) is 22.7 Å². The molecule has 10 rings (SSSR count). The fourth-order valence-electron chi connectivity index (χ4n) is 10.4. The number of benzene rings is 3. The lowest BCUT2D eigenvalue weighted by molar-refractivity contribution is -0.136. The lowest BCUT2D eigenvalue weighted by Gasteiger charge is -2.41. The largest absolute Gasteiger partial charge is 0.371 e. The molecule has 0 spiro atoms. The highest BCUT2D eigenvalue weighted by atomic mass is 32.2. The van der Waals surface area contributed by atoms with Crippen molar-refractivity contribution >= 4 is 64.1 Å². The first-order valence-electron chi connectivity index (χ1n) is 24.7. The number of carbonyl (C=O) groups excluding carboxylic acids is 5. The van der Waals surface area contributed by atoms with Crippen LogP contribution in [0.3, 0.4) is 0 Å². The molecule has 3 aromatic carbocycles. The SMILES string of the molecule is Cc1cc(C(=O)Nc2cccc(Sc3cnc(N4CCC(C)(N)CC4)cn3)c2)ccc1N1CCC(N2CC=C(c3cnc(C(=O)NCc4ccc5c(c4)CN(C4CCC(=O)NC4=O)C5=O)c(F)c3)CC2)CC1. The van der Waals surface area contributed by atoms with Crippen molar-refractivity contribution in [3.05, 3.63) is 136 Å². The van der Waals surface area contributed by atoms with Crippen LogP contribution in [0.2, 0.25) is 0 Å². The number of nitrogens with one attached hydrogen (secondary N) is 3. The molecule has 0 bridgehead atoms. The summed E-state index contributed by atoms with van der Waals surface area (Å²) in [5.41, 5.74) is 12.9. The summed E-state index contributed by atoms with van der Waals surface area (Å²) in [5.74, 6) is -1.77. The van der Waals surface area contributed by atoms with Gasteiger partial charge in [-0.2, -0.15) is 0 Å². The van der Waals surface area contributed by atoms with Crippen LogP contribution in [-0.2, 0) is 22.7 Å². The van der Waals surface area contributed by atoms with Gasteiger partial charge in [0.2, 0.25) is 11.8 Å². The maximum atomic E-state index is 15.5. The predicted molar refractivity (Wildman–Crippen MR) is 273 cm³/mol. The van der Waals surface area contributed by atoms with Gasteiger partial charge in [-0.3, -0.25) is 34.2 Å². The van der Waals surface area contributed by atoms with Gasteiger partial charge in [0, 0.05) is 104 Å². The van der Waals surface area contributed by atoms with Crippen LogP contribution in [0.1, 0.15) is 105 Å². The quantitative estimate of drug-likeness (QED) is 0.0991. The molecule has 372 valence electrons. The standard InChI is InChI=1S/C54H58FN11O5S/c1-33-24-36(50(68)61-39-4-3-5-41(27-39)72-48-31-57-46(30-58-48)65-22-16-54(2,56)17-23-65)7-9-44(33)64-20-14-40(15-21-64)63-18-12-35(13-19-63)37-26-43(55)49(59-29-37)52(70)60-28-34-6-8-42-38(25-34)32-66(53(42)71)45-10-11-47(67)62-51(45)69/h3-9,12,24-27,29-31,40,45H,10-11,13-23,28,32,56H2,1-2H3,(H,60,70)(H,61,68)(H,62,67,69). The highest BCUT2D eigenvalue weighted by molar-refractivity contribution is 7.99. The van der Waals surface area contributed by atoms with Gasteiger partial charge in [0.05, 0.1) is 12.4 Å². The first-order valence-corrected chi connectivity index (χ1v) is 25.5. The minimum Gasteiger partial charge on any atom is -0.371 e. The molecule has 16 nitrogen and oxygen atoms in total. The Hall–Kier alpha value is -7.02. The summed E-state index contributed by atoms with van der Waals surface area (Å²) in [6, 6.07) is 19.9. The number of pyridine rings is 1. The number of carbonyl (C=O) groups is 5. The van der Waals surface area contributed by atoms with E-state index in [4.69, 9.17) is 5.73 Å². The number of hydrogen-bond donors (Lipinski definition) is 4. The van der Waals surface area contributed by atoms with Gasteiger partial charge in [-0.15, -0.1) is 0 Å². The second-order valence-corrected chi connectivity index (χ2v) is 20.9. The van der Waals surface area contributed by atoms with E-state index >= 15 is 4.39 Å². The van der Waals surface area contributed by atoms with Crippen LogP contribution < -0.4 is 31.5 Å². The van der Waals surface area contributed by atoms with Gasteiger partial charge in [-0.1, -0.05) is 36.0 Å². The number of halogens is 1. The average Bonchev–Trinajstić information content (AvgIpc) is 3.70. The number of rotatable bonds is 12. The summed E-state index contributed by atoms with van der Waals surface area (Å²) in [6.45, 7) is 9.53. The molecule has 5 aliphatic rings. The Bertz CT molecular complexity index is 2970. The van der Waals surface area contributed by atoms with Crippen molar-refractivity contribution in [3.63, 3.8) is 0 Å². The molecule has 0 aliphatic carbocycles. The Labute approximate surface area is 422 Å². The van der Waals surface area contributed by atoms with Crippen molar-refractivity contribution in [1.29, 1.82) is 0 Å². The summed E-state index contributed by atoms with van der Waals surface area (Å²) in [7, 11) is 0. The second-order valence-electron chi connectivity index (χ2n) is 19.8. The number of anilines is 3. The number of hydrogen-bond acceptors (Lipinski definition) is 13. The number of aryl methyl sites for hydroxylation is 1. The van der Waals surface area contributed by atoms with Crippen molar-refractivity contribution < 1.29 is 28.4 Å². The zero-order valence-corrected chi connectivity index (χ0v) is 41.3. The van der Waals surface area contributed by atoms with Crippen LogP contribution in [0.5, 0.6) is 0 Å². The van der Waals surface area contributed by atoms with Gasteiger partial charge in [0.25, 0.3) is 17.7 Å². The average molecular weight is 992 g/mol. The van der Waals surface area contributed by atoms with Gasteiger partial charge in [-0.05, 0) is 129 Å². The molecule has 72 heavy (non-hydrogen) atoms. The Morgan fingerprint density at radius 2 is 1.69 bits per heavy atom. The van der Waals surface area contributed by atoms with Gasteiger partial charge >= 0.3 is 0 Å². The monoisotopic (exact) mass is 991 g/mol. The predicted octanol–water partition coefficient (Wildman–Crippen LogP) is 6.49. The molecular formula is C54H58FN11O5S. The number of piperidine rings is 3. The number of amides is 5. The van der Waals surface area contributed by atoms with Crippen LogP contribution in [0, 0.1) is 12.7 Å². The molecule has 0 saturated carbocycles. The highest BCUT2D eigenvalue weighted by Gasteiger charge is 2.39. The molecule has 7 heterocycles. The lowest BCUT2D eigenvalue weighted by atomic mass is 9.91. The minimum atomic E-state index is -0.717. The summed E-state index contributed by atoms with van der Waals surface area (Å²) < 4.78 is 15.5. The molecule has 5 N–H and O–H groups in total.